The first-order chi connectivity index (χ1) is 9.25. The summed E-state index contributed by atoms with van der Waals surface area (Å²) in [6.07, 6.45) is 11.3. The average molecular weight is 263 g/mol. The molecule has 0 spiro atoms. The Morgan fingerprint density at radius 1 is 1.32 bits per heavy atom. The van der Waals surface area contributed by atoms with Crippen molar-refractivity contribution >= 4 is 0 Å². The SMILES string of the molecule is CC(C)CNCCCc1ccn(C2CCCCC2)n1. The van der Waals surface area contributed by atoms with Crippen LogP contribution < -0.4 is 5.32 Å². The standard InChI is InChI=1S/C16H29N3/c1-14(2)13-17-11-6-7-15-10-12-19(18-15)16-8-4-3-5-9-16/h10,12,14,16-17H,3-9,11,13H2,1-2H3. The van der Waals surface area contributed by atoms with E-state index in [1.54, 1.807) is 0 Å². The van der Waals surface area contributed by atoms with Gasteiger partial charge in [0, 0.05) is 6.20 Å². The highest BCUT2D eigenvalue weighted by atomic mass is 15.3. The zero-order valence-corrected chi connectivity index (χ0v) is 12.6. The van der Waals surface area contributed by atoms with E-state index in [1.807, 2.05) is 0 Å². The summed E-state index contributed by atoms with van der Waals surface area (Å²) in [4.78, 5) is 0. The van der Waals surface area contributed by atoms with Crippen LogP contribution in [-0.2, 0) is 6.42 Å². The van der Waals surface area contributed by atoms with Gasteiger partial charge in [-0.05, 0) is 50.8 Å². The van der Waals surface area contributed by atoms with E-state index < -0.39 is 0 Å². The van der Waals surface area contributed by atoms with Crippen molar-refractivity contribution in [2.75, 3.05) is 13.1 Å². The Labute approximate surface area is 117 Å². The van der Waals surface area contributed by atoms with Gasteiger partial charge in [-0.2, -0.15) is 5.10 Å². The van der Waals surface area contributed by atoms with Crippen LogP contribution in [0, 0.1) is 5.92 Å². The minimum Gasteiger partial charge on any atom is -0.316 e. The van der Waals surface area contributed by atoms with Gasteiger partial charge in [-0.3, -0.25) is 4.68 Å². The molecule has 1 saturated carbocycles. The molecule has 1 N–H and O–H groups in total. The Kier molecular flexibility index (Phi) is 5.90. The molecule has 1 heterocycles. The maximum atomic E-state index is 4.76. The fourth-order valence-corrected chi connectivity index (χ4v) is 2.84. The molecule has 0 atom stereocenters. The lowest BCUT2D eigenvalue weighted by Crippen LogP contribution is -2.21. The summed E-state index contributed by atoms with van der Waals surface area (Å²) in [5.74, 6) is 0.741. The van der Waals surface area contributed by atoms with Gasteiger partial charge >= 0.3 is 0 Å². The van der Waals surface area contributed by atoms with Crippen LogP contribution in [-0.4, -0.2) is 22.9 Å². The molecule has 2 rings (SSSR count). The molecule has 0 bridgehead atoms. The maximum absolute atomic E-state index is 4.76. The summed E-state index contributed by atoms with van der Waals surface area (Å²) < 4.78 is 2.22. The van der Waals surface area contributed by atoms with Crippen molar-refractivity contribution in [2.24, 2.45) is 5.92 Å². The third kappa shape index (κ3) is 4.98. The summed E-state index contributed by atoms with van der Waals surface area (Å²) in [5, 5.41) is 8.25. The van der Waals surface area contributed by atoms with Crippen molar-refractivity contribution in [3.8, 4) is 0 Å². The van der Waals surface area contributed by atoms with Crippen LogP contribution in [0.1, 0.15) is 64.1 Å². The maximum Gasteiger partial charge on any atom is 0.0625 e. The number of nitrogens with one attached hydrogen (secondary N) is 1. The number of hydrogen-bond donors (Lipinski definition) is 1. The molecule has 0 aliphatic heterocycles. The van der Waals surface area contributed by atoms with Crippen molar-refractivity contribution in [3.63, 3.8) is 0 Å². The second-order valence-corrected chi connectivity index (χ2v) is 6.28. The Bertz CT molecular complexity index is 351. The molecule has 1 aliphatic rings. The lowest BCUT2D eigenvalue weighted by Gasteiger charge is -2.21. The summed E-state index contributed by atoms with van der Waals surface area (Å²) >= 11 is 0. The van der Waals surface area contributed by atoms with Crippen LogP contribution in [0.25, 0.3) is 0 Å². The molecule has 1 fully saturated rings. The topological polar surface area (TPSA) is 29.9 Å². The van der Waals surface area contributed by atoms with Gasteiger partial charge in [0.2, 0.25) is 0 Å². The predicted molar refractivity (Wildman–Crippen MR) is 80.4 cm³/mol. The molecule has 0 aromatic carbocycles. The molecule has 19 heavy (non-hydrogen) atoms. The van der Waals surface area contributed by atoms with E-state index in [2.05, 4.69) is 36.1 Å². The highest BCUT2D eigenvalue weighted by molar-refractivity contribution is 5.00. The van der Waals surface area contributed by atoms with Crippen molar-refractivity contribution in [2.45, 2.75) is 64.8 Å². The van der Waals surface area contributed by atoms with Crippen LogP contribution in [0.2, 0.25) is 0 Å². The Hall–Kier alpha value is -0.830. The number of aromatic nitrogens is 2. The Morgan fingerprint density at radius 2 is 2.11 bits per heavy atom. The molecular formula is C16H29N3. The molecule has 0 radical (unpaired) electrons. The third-order valence-electron chi connectivity index (χ3n) is 3.95. The molecule has 1 aromatic rings. The van der Waals surface area contributed by atoms with E-state index >= 15 is 0 Å². The van der Waals surface area contributed by atoms with Gasteiger partial charge < -0.3 is 5.32 Å². The fraction of sp³-hybridized carbons (Fsp3) is 0.812. The monoisotopic (exact) mass is 263 g/mol. The third-order valence-corrected chi connectivity index (χ3v) is 3.95. The van der Waals surface area contributed by atoms with E-state index in [-0.39, 0.29) is 0 Å². The van der Waals surface area contributed by atoms with Crippen molar-refractivity contribution < 1.29 is 0 Å². The van der Waals surface area contributed by atoms with Crippen LogP contribution in [0.3, 0.4) is 0 Å². The molecular weight excluding hydrogens is 234 g/mol. The smallest absolute Gasteiger partial charge is 0.0625 e. The number of rotatable bonds is 7. The quantitative estimate of drug-likeness (QED) is 0.762. The molecule has 0 unspecified atom stereocenters. The van der Waals surface area contributed by atoms with Gasteiger partial charge in [0.25, 0.3) is 0 Å². The second-order valence-electron chi connectivity index (χ2n) is 6.28. The zero-order valence-electron chi connectivity index (χ0n) is 12.6. The molecule has 3 heteroatoms. The Morgan fingerprint density at radius 3 is 2.84 bits per heavy atom. The number of nitrogens with zero attached hydrogens (tertiary/aromatic N) is 2. The lowest BCUT2D eigenvalue weighted by molar-refractivity contribution is 0.328. The molecule has 108 valence electrons. The van der Waals surface area contributed by atoms with Gasteiger partial charge in [-0.1, -0.05) is 33.1 Å². The lowest BCUT2D eigenvalue weighted by atomic mass is 9.96. The van der Waals surface area contributed by atoms with Gasteiger partial charge in [-0.25, -0.2) is 0 Å². The van der Waals surface area contributed by atoms with Crippen LogP contribution >= 0.6 is 0 Å². The highest BCUT2D eigenvalue weighted by Crippen LogP contribution is 2.27. The van der Waals surface area contributed by atoms with Crippen LogP contribution in [0.4, 0.5) is 0 Å². The highest BCUT2D eigenvalue weighted by Gasteiger charge is 2.15. The van der Waals surface area contributed by atoms with Crippen molar-refractivity contribution in [1.29, 1.82) is 0 Å². The first-order valence-corrected chi connectivity index (χ1v) is 8.00. The number of hydrogen-bond acceptors (Lipinski definition) is 2. The summed E-state index contributed by atoms with van der Waals surface area (Å²) in [6, 6.07) is 2.87. The van der Waals surface area contributed by atoms with E-state index in [0.717, 1.165) is 25.4 Å². The molecule has 1 aromatic heterocycles. The number of aryl methyl sites for hydroxylation is 1. The largest absolute Gasteiger partial charge is 0.316 e. The van der Waals surface area contributed by atoms with Gasteiger partial charge in [-0.15, -0.1) is 0 Å². The van der Waals surface area contributed by atoms with Gasteiger partial charge in [0.05, 0.1) is 11.7 Å². The van der Waals surface area contributed by atoms with Gasteiger partial charge in [0.1, 0.15) is 0 Å². The second kappa shape index (κ2) is 7.68. The fourth-order valence-electron chi connectivity index (χ4n) is 2.84. The normalized spacial score (nSPS) is 17.2. The predicted octanol–water partition coefficient (Wildman–Crippen LogP) is 3.57. The molecule has 1 aliphatic carbocycles. The minimum absolute atomic E-state index is 0.668. The first kappa shape index (κ1) is 14.6. The van der Waals surface area contributed by atoms with Crippen molar-refractivity contribution in [1.82, 2.24) is 15.1 Å². The van der Waals surface area contributed by atoms with Crippen LogP contribution in [0.15, 0.2) is 12.3 Å². The van der Waals surface area contributed by atoms with E-state index in [1.165, 1.54) is 44.2 Å². The van der Waals surface area contributed by atoms with E-state index in [4.69, 9.17) is 5.10 Å². The summed E-state index contributed by atoms with van der Waals surface area (Å²) in [7, 11) is 0. The molecule has 3 nitrogen and oxygen atoms in total. The first-order valence-electron chi connectivity index (χ1n) is 8.00. The summed E-state index contributed by atoms with van der Waals surface area (Å²) in [5.41, 5.74) is 1.26. The van der Waals surface area contributed by atoms with Gasteiger partial charge in [0.15, 0.2) is 0 Å². The summed E-state index contributed by atoms with van der Waals surface area (Å²) in [6.45, 7) is 6.72. The minimum atomic E-state index is 0.668. The van der Waals surface area contributed by atoms with E-state index in [9.17, 15) is 0 Å². The van der Waals surface area contributed by atoms with E-state index in [0.29, 0.717) is 6.04 Å². The zero-order chi connectivity index (χ0) is 13.5. The average Bonchev–Trinajstić information content (AvgIpc) is 2.88. The van der Waals surface area contributed by atoms with Crippen LogP contribution in [0.5, 0.6) is 0 Å². The van der Waals surface area contributed by atoms with Crippen molar-refractivity contribution in [3.05, 3.63) is 18.0 Å². The molecule has 0 amide bonds. The molecule has 0 saturated heterocycles. The Balaban J connectivity index is 1.68.